The molecule has 2 aromatic heterocycles. The van der Waals surface area contributed by atoms with Crippen LogP contribution >= 0.6 is 0 Å². The number of nitrogens with zero attached hydrogens (tertiary/aromatic N) is 2. The summed E-state index contributed by atoms with van der Waals surface area (Å²) in [4.78, 5) is 44.0. The van der Waals surface area contributed by atoms with Gasteiger partial charge in [-0.3, -0.25) is 24.4 Å². The van der Waals surface area contributed by atoms with Gasteiger partial charge in [0.05, 0.1) is 11.6 Å². The van der Waals surface area contributed by atoms with Crippen LogP contribution in [0.25, 0.3) is 11.1 Å². The van der Waals surface area contributed by atoms with Crippen LogP contribution < -0.4 is 21.7 Å². The minimum absolute atomic E-state index is 0.192. The molecular formula is C24H32N6O3. The van der Waals surface area contributed by atoms with E-state index in [0.29, 0.717) is 56.5 Å². The van der Waals surface area contributed by atoms with Crippen molar-refractivity contribution in [2.75, 3.05) is 19.6 Å². The molecule has 1 unspecified atom stereocenters. The van der Waals surface area contributed by atoms with Crippen LogP contribution in [0.5, 0.6) is 0 Å². The Hall–Kier alpha value is -3.59. The molecule has 0 saturated heterocycles. The van der Waals surface area contributed by atoms with E-state index in [-0.39, 0.29) is 17.7 Å². The molecule has 3 amide bonds. The molecule has 0 aromatic carbocycles. The Morgan fingerprint density at radius 2 is 1.70 bits per heavy atom. The molecule has 0 aliphatic rings. The first-order valence-electron chi connectivity index (χ1n) is 11.0. The highest BCUT2D eigenvalue weighted by molar-refractivity contribution is 5.95. The molecule has 9 heteroatoms. The molecule has 2 aromatic rings. The van der Waals surface area contributed by atoms with Gasteiger partial charge < -0.3 is 21.7 Å². The molecular weight excluding hydrogens is 420 g/mol. The molecule has 0 saturated carbocycles. The standard InChI is InChI=1S/C24H32N6O3/c1-17(2)22(31)28-11-6-12-30-24(33)21(25)8-3-4-10-29-23(32)20-13-19(15-27-16-20)18-7-5-9-26-14-18/h5,7,9,13-16,21H,1,3-4,6,8,10-12,25H2,2H3,(H,28,31)(H,29,32)(H,30,33). The Bertz CT molecular complexity index is 948. The van der Waals surface area contributed by atoms with Crippen molar-refractivity contribution in [1.82, 2.24) is 25.9 Å². The van der Waals surface area contributed by atoms with Crippen molar-refractivity contribution in [2.24, 2.45) is 5.73 Å². The average Bonchev–Trinajstić information content (AvgIpc) is 2.83. The summed E-state index contributed by atoms with van der Waals surface area (Å²) in [7, 11) is 0. The van der Waals surface area contributed by atoms with Gasteiger partial charge >= 0.3 is 0 Å². The van der Waals surface area contributed by atoms with Gasteiger partial charge in [-0.15, -0.1) is 0 Å². The smallest absolute Gasteiger partial charge is 0.252 e. The van der Waals surface area contributed by atoms with Gasteiger partial charge in [0.15, 0.2) is 0 Å². The van der Waals surface area contributed by atoms with Gasteiger partial charge in [-0.2, -0.15) is 0 Å². The Morgan fingerprint density at radius 1 is 0.970 bits per heavy atom. The maximum atomic E-state index is 12.4. The molecule has 0 fully saturated rings. The number of carbonyl (C=O) groups is 3. The molecule has 0 aliphatic heterocycles. The van der Waals surface area contributed by atoms with Crippen LogP contribution in [-0.2, 0) is 9.59 Å². The number of amides is 3. The lowest BCUT2D eigenvalue weighted by Crippen LogP contribution is -2.41. The van der Waals surface area contributed by atoms with Crippen molar-refractivity contribution in [3.63, 3.8) is 0 Å². The second-order valence-corrected chi connectivity index (χ2v) is 7.74. The average molecular weight is 453 g/mol. The van der Waals surface area contributed by atoms with Crippen LogP contribution in [0.15, 0.2) is 55.1 Å². The van der Waals surface area contributed by atoms with Crippen molar-refractivity contribution in [3.05, 3.63) is 60.7 Å². The van der Waals surface area contributed by atoms with E-state index in [1.165, 1.54) is 6.20 Å². The van der Waals surface area contributed by atoms with E-state index in [0.717, 1.165) is 11.1 Å². The summed E-state index contributed by atoms with van der Waals surface area (Å²) >= 11 is 0. The van der Waals surface area contributed by atoms with Crippen LogP contribution in [0.2, 0.25) is 0 Å². The van der Waals surface area contributed by atoms with E-state index in [2.05, 4.69) is 32.5 Å². The van der Waals surface area contributed by atoms with Crippen molar-refractivity contribution in [1.29, 1.82) is 0 Å². The van der Waals surface area contributed by atoms with Crippen molar-refractivity contribution in [2.45, 2.75) is 38.6 Å². The van der Waals surface area contributed by atoms with Crippen LogP contribution in [0.4, 0.5) is 0 Å². The largest absolute Gasteiger partial charge is 0.355 e. The first kappa shape index (κ1) is 25.7. The number of nitrogens with two attached hydrogens (primary N) is 1. The summed E-state index contributed by atoms with van der Waals surface area (Å²) in [5.74, 6) is -0.611. The molecule has 5 N–H and O–H groups in total. The second kappa shape index (κ2) is 13.7. The van der Waals surface area contributed by atoms with Gasteiger partial charge in [-0.25, -0.2) is 0 Å². The van der Waals surface area contributed by atoms with Crippen molar-refractivity contribution < 1.29 is 14.4 Å². The summed E-state index contributed by atoms with van der Waals surface area (Å²) in [6.07, 6.45) is 9.17. The van der Waals surface area contributed by atoms with E-state index in [1.54, 1.807) is 31.6 Å². The number of unbranched alkanes of at least 4 members (excludes halogenated alkanes) is 1. The Morgan fingerprint density at radius 3 is 2.42 bits per heavy atom. The Kier molecular flexibility index (Phi) is 10.7. The highest BCUT2D eigenvalue weighted by Gasteiger charge is 2.13. The quantitative estimate of drug-likeness (QED) is 0.269. The zero-order chi connectivity index (χ0) is 24.1. The lowest BCUT2D eigenvalue weighted by molar-refractivity contribution is -0.122. The first-order chi connectivity index (χ1) is 15.9. The molecule has 0 spiro atoms. The maximum Gasteiger partial charge on any atom is 0.252 e. The fourth-order valence-corrected chi connectivity index (χ4v) is 2.96. The summed E-state index contributed by atoms with van der Waals surface area (Å²) in [5.41, 5.74) is 8.58. The van der Waals surface area contributed by atoms with Crippen molar-refractivity contribution >= 4 is 17.7 Å². The zero-order valence-electron chi connectivity index (χ0n) is 19.0. The highest BCUT2D eigenvalue weighted by Crippen LogP contribution is 2.17. The fourth-order valence-electron chi connectivity index (χ4n) is 2.96. The van der Waals surface area contributed by atoms with Gasteiger partial charge in [0, 0.05) is 61.1 Å². The molecule has 2 heterocycles. The predicted octanol–water partition coefficient (Wildman–Crippen LogP) is 1.57. The predicted molar refractivity (Wildman–Crippen MR) is 127 cm³/mol. The molecule has 1 atom stereocenters. The number of pyridine rings is 2. The third-order valence-corrected chi connectivity index (χ3v) is 4.89. The molecule has 0 aliphatic carbocycles. The summed E-state index contributed by atoms with van der Waals surface area (Å²) in [5, 5.41) is 8.34. The minimum Gasteiger partial charge on any atom is -0.355 e. The number of hydrogen-bond donors (Lipinski definition) is 4. The van der Waals surface area contributed by atoms with E-state index in [1.807, 2.05) is 12.1 Å². The van der Waals surface area contributed by atoms with Gasteiger partial charge in [0.1, 0.15) is 0 Å². The van der Waals surface area contributed by atoms with Gasteiger partial charge in [-0.05, 0) is 44.7 Å². The SMILES string of the molecule is C=C(C)C(=O)NCCCNC(=O)C(N)CCCCNC(=O)c1cncc(-c2cccnc2)c1. The minimum atomic E-state index is -0.605. The highest BCUT2D eigenvalue weighted by atomic mass is 16.2. The number of rotatable bonds is 13. The van der Waals surface area contributed by atoms with E-state index in [9.17, 15) is 14.4 Å². The van der Waals surface area contributed by atoms with Crippen LogP contribution in [-0.4, -0.2) is 53.4 Å². The topological polar surface area (TPSA) is 139 Å². The number of hydrogen-bond acceptors (Lipinski definition) is 6. The molecule has 2 rings (SSSR count). The number of carbonyl (C=O) groups excluding carboxylic acids is 3. The second-order valence-electron chi connectivity index (χ2n) is 7.74. The third-order valence-electron chi connectivity index (χ3n) is 4.89. The summed E-state index contributed by atoms with van der Waals surface area (Å²) in [6.45, 7) is 6.57. The zero-order valence-corrected chi connectivity index (χ0v) is 19.0. The fraction of sp³-hybridized carbons (Fsp3) is 0.375. The van der Waals surface area contributed by atoms with Gasteiger partial charge in [-0.1, -0.05) is 12.6 Å². The summed E-state index contributed by atoms with van der Waals surface area (Å²) in [6, 6.07) is 4.92. The van der Waals surface area contributed by atoms with Crippen LogP contribution in [0.1, 0.15) is 43.0 Å². The lowest BCUT2D eigenvalue weighted by Gasteiger charge is -2.12. The first-order valence-corrected chi connectivity index (χ1v) is 11.0. The van der Waals surface area contributed by atoms with Gasteiger partial charge in [0.2, 0.25) is 11.8 Å². The van der Waals surface area contributed by atoms with Crippen molar-refractivity contribution in [3.8, 4) is 11.1 Å². The monoisotopic (exact) mass is 452 g/mol. The number of nitrogens with one attached hydrogen (secondary N) is 3. The molecule has 33 heavy (non-hydrogen) atoms. The normalized spacial score (nSPS) is 11.3. The Labute approximate surface area is 194 Å². The van der Waals surface area contributed by atoms with E-state index >= 15 is 0 Å². The van der Waals surface area contributed by atoms with E-state index in [4.69, 9.17) is 5.73 Å². The maximum absolute atomic E-state index is 12.4. The van der Waals surface area contributed by atoms with Crippen LogP contribution in [0, 0.1) is 0 Å². The molecule has 0 bridgehead atoms. The Balaban J connectivity index is 1.61. The van der Waals surface area contributed by atoms with Crippen LogP contribution in [0.3, 0.4) is 0 Å². The third kappa shape index (κ3) is 9.20. The molecule has 0 radical (unpaired) electrons. The lowest BCUT2D eigenvalue weighted by atomic mass is 10.1. The van der Waals surface area contributed by atoms with Gasteiger partial charge in [0.25, 0.3) is 5.91 Å². The molecule has 9 nitrogen and oxygen atoms in total. The number of aromatic nitrogens is 2. The van der Waals surface area contributed by atoms with E-state index < -0.39 is 6.04 Å². The molecule has 176 valence electrons. The summed E-state index contributed by atoms with van der Waals surface area (Å²) < 4.78 is 0.